The van der Waals surface area contributed by atoms with Crippen LogP contribution in [0.15, 0.2) is 18.2 Å². The highest BCUT2D eigenvalue weighted by Gasteiger charge is 2.25. The molecule has 0 bridgehead atoms. The molecule has 1 aliphatic carbocycles. The molecule has 2 heteroatoms. The van der Waals surface area contributed by atoms with Crippen LogP contribution in [-0.2, 0) is 0 Å². The Kier molecular flexibility index (Phi) is 3.04. The molecule has 76 valence electrons. The van der Waals surface area contributed by atoms with Gasteiger partial charge in [0.1, 0.15) is 0 Å². The third-order valence-electron chi connectivity index (χ3n) is 2.96. The molecule has 1 aromatic rings. The summed E-state index contributed by atoms with van der Waals surface area (Å²) in [6.45, 7) is 2.10. The Morgan fingerprint density at radius 2 is 2.07 bits per heavy atom. The Balaban J connectivity index is 2.27. The molecule has 2 atom stereocenters. The molecule has 0 spiro atoms. The zero-order valence-electron chi connectivity index (χ0n) is 8.26. The molecule has 1 aromatic carbocycles. The first kappa shape index (κ1) is 10.3. The second-order valence-electron chi connectivity index (χ2n) is 4.13. The molecule has 1 aliphatic rings. The highest BCUT2D eigenvalue weighted by molar-refractivity contribution is 6.31. The average Bonchev–Trinajstić information content (AvgIpc) is 2.56. The fourth-order valence-electron chi connectivity index (χ4n) is 2.18. The lowest BCUT2D eigenvalue weighted by atomic mass is 9.96. The van der Waals surface area contributed by atoms with E-state index in [2.05, 4.69) is 19.1 Å². The predicted molar refractivity (Wildman–Crippen MR) is 62.4 cm³/mol. The second-order valence-corrected chi connectivity index (χ2v) is 5.16. The minimum Gasteiger partial charge on any atom is -0.123 e. The van der Waals surface area contributed by atoms with E-state index >= 15 is 0 Å². The molecule has 1 fully saturated rings. The van der Waals surface area contributed by atoms with Gasteiger partial charge >= 0.3 is 0 Å². The van der Waals surface area contributed by atoms with E-state index in [0.717, 1.165) is 17.9 Å². The molecule has 0 nitrogen and oxygen atoms in total. The minimum absolute atomic E-state index is 0.344. The maximum absolute atomic E-state index is 6.18. The number of hydrogen-bond acceptors (Lipinski definition) is 0. The summed E-state index contributed by atoms with van der Waals surface area (Å²) in [5.74, 6) is 0.574. The van der Waals surface area contributed by atoms with Crippen molar-refractivity contribution in [3.05, 3.63) is 34.3 Å². The van der Waals surface area contributed by atoms with Gasteiger partial charge in [-0.2, -0.15) is 0 Å². The summed E-state index contributed by atoms with van der Waals surface area (Å²) in [5.41, 5.74) is 2.57. The quantitative estimate of drug-likeness (QED) is 0.621. The molecular formula is C12H14Cl2. The number of rotatable bonds is 1. The topological polar surface area (TPSA) is 0 Å². The molecule has 0 heterocycles. The van der Waals surface area contributed by atoms with Crippen molar-refractivity contribution in [1.29, 1.82) is 0 Å². The van der Waals surface area contributed by atoms with Crippen LogP contribution in [-0.4, -0.2) is 5.38 Å². The molecule has 2 rings (SSSR count). The summed E-state index contributed by atoms with van der Waals surface area (Å²) < 4.78 is 0. The maximum atomic E-state index is 6.18. The summed E-state index contributed by atoms with van der Waals surface area (Å²) >= 11 is 12.3. The smallest absolute Gasteiger partial charge is 0.0441 e. The Bertz CT molecular complexity index is 333. The van der Waals surface area contributed by atoms with Crippen LogP contribution in [0, 0.1) is 6.92 Å². The highest BCUT2D eigenvalue weighted by Crippen LogP contribution is 2.40. The van der Waals surface area contributed by atoms with Gasteiger partial charge in [0.2, 0.25) is 0 Å². The molecule has 0 aromatic heterocycles. The standard InChI is InChI=1S/C12H14Cl2/c1-8-2-5-12(14)11(6-8)9-3-4-10(13)7-9/h2,5-6,9-10H,3-4,7H2,1H3. The second kappa shape index (κ2) is 4.12. The third-order valence-corrected chi connectivity index (χ3v) is 3.70. The van der Waals surface area contributed by atoms with Crippen molar-refractivity contribution in [2.45, 2.75) is 37.5 Å². The molecule has 0 saturated heterocycles. The molecular weight excluding hydrogens is 215 g/mol. The van der Waals surface area contributed by atoms with Crippen molar-refractivity contribution >= 4 is 23.2 Å². The van der Waals surface area contributed by atoms with Crippen molar-refractivity contribution in [3.63, 3.8) is 0 Å². The Hall–Kier alpha value is -0.200. The maximum Gasteiger partial charge on any atom is 0.0441 e. The lowest BCUT2D eigenvalue weighted by molar-refractivity contribution is 0.723. The van der Waals surface area contributed by atoms with Crippen molar-refractivity contribution < 1.29 is 0 Å². The summed E-state index contributed by atoms with van der Waals surface area (Å²) in [7, 11) is 0. The van der Waals surface area contributed by atoms with Crippen LogP contribution >= 0.6 is 23.2 Å². The van der Waals surface area contributed by atoms with Crippen LogP contribution in [0.2, 0.25) is 5.02 Å². The van der Waals surface area contributed by atoms with Crippen LogP contribution in [0.1, 0.15) is 36.3 Å². The Morgan fingerprint density at radius 1 is 1.29 bits per heavy atom. The van der Waals surface area contributed by atoms with Gasteiger partial charge in [0.15, 0.2) is 0 Å². The van der Waals surface area contributed by atoms with Crippen LogP contribution < -0.4 is 0 Å². The van der Waals surface area contributed by atoms with E-state index < -0.39 is 0 Å². The monoisotopic (exact) mass is 228 g/mol. The SMILES string of the molecule is Cc1ccc(Cl)c(C2CCC(Cl)C2)c1. The normalized spacial score (nSPS) is 26.8. The van der Waals surface area contributed by atoms with Crippen LogP contribution in [0.5, 0.6) is 0 Å². The lowest BCUT2D eigenvalue weighted by Gasteiger charge is -2.12. The van der Waals surface area contributed by atoms with Gasteiger partial charge in [-0.05, 0) is 43.7 Å². The van der Waals surface area contributed by atoms with Gasteiger partial charge in [-0.3, -0.25) is 0 Å². The van der Waals surface area contributed by atoms with Crippen molar-refractivity contribution in [3.8, 4) is 0 Å². The minimum atomic E-state index is 0.344. The van der Waals surface area contributed by atoms with Crippen LogP contribution in [0.4, 0.5) is 0 Å². The summed E-state index contributed by atoms with van der Waals surface area (Å²) in [6.07, 6.45) is 3.37. The first-order valence-corrected chi connectivity index (χ1v) is 5.88. The van der Waals surface area contributed by atoms with Gasteiger partial charge in [-0.25, -0.2) is 0 Å². The molecule has 0 aliphatic heterocycles. The van der Waals surface area contributed by atoms with E-state index in [0.29, 0.717) is 11.3 Å². The fourth-order valence-corrected chi connectivity index (χ4v) is 2.80. The van der Waals surface area contributed by atoms with Gasteiger partial charge in [0, 0.05) is 10.4 Å². The van der Waals surface area contributed by atoms with Crippen molar-refractivity contribution in [2.75, 3.05) is 0 Å². The van der Waals surface area contributed by atoms with Gasteiger partial charge in [0.25, 0.3) is 0 Å². The zero-order chi connectivity index (χ0) is 10.1. The number of halogens is 2. The molecule has 0 N–H and O–H groups in total. The first-order valence-electron chi connectivity index (χ1n) is 5.07. The van der Waals surface area contributed by atoms with E-state index in [4.69, 9.17) is 23.2 Å². The van der Waals surface area contributed by atoms with E-state index in [-0.39, 0.29) is 0 Å². The number of benzene rings is 1. The van der Waals surface area contributed by atoms with E-state index in [1.54, 1.807) is 0 Å². The third kappa shape index (κ3) is 2.07. The van der Waals surface area contributed by atoms with Crippen molar-refractivity contribution in [1.82, 2.24) is 0 Å². The van der Waals surface area contributed by atoms with E-state index in [1.165, 1.54) is 17.5 Å². The average molecular weight is 229 g/mol. The number of alkyl halides is 1. The first-order chi connectivity index (χ1) is 6.66. The zero-order valence-corrected chi connectivity index (χ0v) is 9.78. The molecule has 1 saturated carbocycles. The predicted octanol–water partition coefficient (Wildman–Crippen LogP) is 4.52. The van der Waals surface area contributed by atoms with Gasteiger partial charge < -0.3 is 0 Å². The Morgan fingerprint density at radius 3 is 2.71 bits per heavy atom. The fraction of sp³-hybridized carbons (Fsp3) is 0.500. The largest absolute Gasteiger partial charge is 0.123 e. The Labute approximate surface area is 95.2 Å². The summed E-state index contributed by atoms with van der Waals surface area (Å²) in [6, 6.07) is 6.24. The summed E-state index contributed by atoms with van der Waals surface area (Å²) in [4.78, 5) is 0. The highest BCUT2D eigenvalue weighted by atomic mass is 35.5. The molecule has 2 unspecified atom stereocenters. The summed E-state index contributed by atoms with van der Waals surface area (Å²) in [5, 5.41) is 1.24. The van der Waals surface area contributed by atoms with Gasteiger partial charge in [-0.1, -0.05) is 29.3 Å². The van der Waals surface area contributed by atoms with E-state index in [1.807, 2.05) is 6.07 Å². The molecule has 14 heavy (non-hydrogen) atoms. The molecule has 0 amide bonds. The lowest BCUT2D eigenvalue weighted by Crippen LogP contribution is -1.96. The van der Waals surface area contributed by atoms with Gasteiger partial charge in [0.05, 0.1) is 0 Å². The van der Waals surface area contributed by atoms with Crippen LogP contribution in [0.3, 0.4) is 0 Å². The van der Waals surface area contributed by atoms with Crippen LogP contribution in [0.25, 0.3) is 0 Å². The van der Waals surface area contributed by atoms with E-state index in [9.17, 15) is 0 Å². The number of aryl methyl sites for hydroxylation is 1. The van der Waals surface area contributed by atoms with Crippen molar-refractivity contribution in [2.24, 2.45) is 0 Å². The number of hydrogen-bond donors (Lipinski definition) is 0. The molecule has 0 radical (unpaired) electrons. The van der Waals surface area contributed by atoms with Gasteiger partial charge in [-0.15, -0.1) is 11.6 Å².